The van der Waals surface area contributed by atoms with Crippen molar-refractivity contribution in [1.82, 2.24) is 5.32 Å². The lowest BCUT2D eigenvalue weighted by Gasteiger charge is -2.17. The topological polar surface area (TPSA) is 55.1 Å². The van der Waals surface area contributed by atoms with Crippen molar-refractivity contribution in [3.8, 4) is 0 Å². The fourth-order valence-electron chi connectivity index (χ4n) is 2.40. The van der Waals surface area contributed by atoms with Gasteiger partial charge in [-0.1, -0.05) is 62.9 Å². The predicted octanol–water partition coefficient (Wildman–Crippen LogP) is 3.42. The maximum atomic E-state index is 12.0. The Morgan fingerprint density at radius 2 is 1.86 bits per heavy atom. The van der Waals surface area contributed by atoms with E-state index in [2.05, 4.69) is 31.3 Å². The van der Waals surface area contributed by atoms with E-state index < -0.39 is 6.04 Å². The summed E-state index contributed by atoms with van der Waals surface area (Å²) in [5, 5.41) is 3.03. The molecule has 0 aliphatic carbocycles. The van der Waals surface area contributed by atoms with E-state index in [4.69, 9.17) is 5.73 Å². The van der Waals surface area contributed by atoms with Crippen LogP contribution in [-0.2, 0) is 11.2 Å². The summed E-state index contributed by atoms with van der Waals surface area (Å²) in [5.41, 5.74) is 7.21. The molecule has 1 rings (SSSR count). The molecule has 3 N–H and O–H groups in total. The SMILES string of the molecule is CCCCCCC(C)NC(=O)C(N)CCc1ccccc1. The number of rotatable bonds is 10. The van der Waals surface area contributed by atoms with Crippen molar-refractivity contribution in [2.75, 3.05) is 0 Å². The van der Waals surface area contributed by atoms with Crippen LogP contribution in [0.15, 0.2) is 30.3 Å². The van der Waals surface area contributed by atoms with Crippen LogP contribution in [0.25, 0.3) is 0 Å². The molecule has 0 fully saturated rings. The lowest BCUT2D eigenvalue weighted by Crippen LogP contribution is -2.44. The Labute approximate surface area is 129 Å². The first kappa shape index (κ1) is 17.7. The number of carbonyl (C=O) groups is 1. The summed E-state index contributed by atoms with van der Waals surface area (Å²) < 4.78 is 0. The number of nitrogens with one attached hydrogen (secondary N) is 1. The third-order valence-corrected chi connectivity index (χ3v) is 3.80. The maximum absolute atomic E-state index is 12.0. The standard InChI is InChI=1S/C18H30N2O/c1-3-4-5-7-10-15(2)20-18(21)17(19)14-13-16-11-8-6-9-12-16/h6,8-9,11-12,15,17H,3-5,7,10,13-14,19H2,1-2H3,(H,20,21). The number of benzene rings is 1. The average molecular weight is 290 g/mol. The van der Waals surface area contributed by atoms with Crippen molar-refractivity contribution in [2.45, 2.75) is 70.9 Å². The van der Waals surface area contributed by atoms with E-state index in [1.165, 1.54) is 31.2 Å². The van der Waals surface area contributed by atoms with Gasteiger partial charge in [0, 0.05) is 6.04 Å². The van der Waals surface area contributed by atoms with Gasteiger partial charge in [0.2, 0.25) is 5.91 Å². The van der Waals surface area contributed by atoms with Gasteiger partial charge >= 0.3 is 0 Å². The number of amides is 1. The second kappa shape index (κ2) is 10.4. The molecule has 0 radical (unpaired) electrons. The highest BCUT2D eigenvalue weighted by atomic mass is 16.2. The number of aryl methyl sites for hydroxylation is 1. The van der Waals surface area contributed by atoms with E-state index in [0.29, 0.717) is 6.42 Å². The van der Waals surface area contributed by atoms with Gasteiger partial charge in [-0.05, 0) is 31.7 Å². The highest BCUT2D eigenvalue weighted by Gasteiger charge is 2.15. The van der Waals surface area contributed by atoms with Crippen molar-refractivity contribution in [3.05, 3.63) is 35.9 Å². The molecular formula is C18H30N2O. The van der Waals surface area contributed by atoms with Gasteiger partial charge in [-0.2, -0.15) is 0 Å². The molecule has 1 aromatic rings. The van der Waals surface area contributed by atoms with Crippen molar-refractivity contribution in [1.29, 1.82) is 0 Å². The largest absolute Gasteiger partial charge is 0.352 e. The van der Waals surface area contributed by atoms with Crippen LogP contribution in [0.1, 0.15) is 57.9 Å². The second-order valence-electron chi connectivity index (χ2n) is 5.89. The van der Waals surface area contributed by atoms with E-state index in [0.717, 1.165) is 12.8 Å². The number of hydrogen-bond donors (Lipinski definition) is 2. The third-order valence-electron chi connectivity index (χ3n) is 3.80. The van der Waals surface area contributed by atoms with E-state index in [-0.39, 0.29) is 11.9 Å². The minimum atomic E-state index is -0.414. The Kier molecular flexibility index (Phi) is 8.76. The molecule has 0 aliphatic heterocycles. The predicted molar refractivity (Wildman–Crippen MR) is 89.1 cm³/mol. The van der Waals surface area contributed by atoms with Gasteiger partial charge in [-0.25, -0.2) is 0 Å². The lowest BCUT2D eigenvalue weighted by atomic mass is 10.0. The molecule has 21 heavy (non-hydrogen) atoms. The quantitative estimate of drug-likeness (QED) is 0.649. The molecule has 0 spiro atoms. The second-order valence-corrected chi connectivity index (χ2v) is 5.89. The Morgan fingerprint density at radius 1 is 1.14 bits per heavy atom. The first-order chi connectivity index (χ1) is 10.1. The lowest BCUT2D eigenvalue weighted by molar-refractivity contribution is -0.123. The van der Waals surface area contributed by atoms with Crippen LogP contribution >= 0.6 is 0 Å². The number of carbonyl (C=O) groups excluding carboxylic acids is 1. The van der Waals surface area contributed by atoms with Crippen molar-refractivity contribution >= 4 is 5.91 Å². The van der Waals surface area contributed by atoms with Gasteiger partial charge in [-0.3, -0.25) is 4.79 Å². The Bertz CT molecular complexity index is 391. The molecule has 2 unspecified atom stereocenters. The number of nitrogens with two attached hydrogens (primary N) is 1. The summed E-state index contributed by atoms with van der Waals surface area (Å²) in [6.45, 7) is 4.27. The van der Waals surface area contributed by atoms with Crippen LogP contribution in [0.2, 0.25) is 0 Å². The first-order valence-corrected chi connectivity index (χ1v) is 8.23. The monoisotopic (exact) mass is 290 g/mol. The fraction of sp³-hybridized carbons (Fsp3) is 0.611. The molecule has 0 heterocycles. The summed E-state index contributed by atoms with van der Waals surface area (Å²) in [7, 11) is 0. The minimum absolute atomic E-state index is 0.0195. The van der Waals surface area contributed by atoms with Gasteiger partial charge in [0.1, 0.15) is 0 Å². The van der Waals surface area contributed by atoms with Crippen LogP contribution in [-0.4, -0.2) is 18.0 Å². The zero-order chi connectivity index (χ0) is 15.5. The summed E-state index contributed by atoms with van der Waals surface area (Å²) >= 11 is 0. The molecule has 0 bridgehead atoms. The van der Waals surface area contributed by atoms with Crippen LogP contribution in [0.5, 0.6) is 0 Å². The highest BCUT2D eigenvalue weighted by Crippen LogP contribution is 2.07. The summed E-state index contributed by atoms with van der Waals surface area (Å²) in [6, 6.07) is 9.97. The highest BCUT2D eigenvalue weighted by molar-refractivity contribution is 5.81. The summed E-state index contributed by atoms with van der Waals surface area (Å²) in [4.78, 5) is 12.0. The molecule has 1 amide bonds. The van der Waals surface area contributed by atoms with Crippen LogP contribution in [0.4, 0.5) is 0 Å². The van der Waals surface area contributed by atoms with Gasteiger partial charge in [0.05, 0.1) is 6.04 Å². The fourth-order valence-corrected chi connectivity index (χ4v) is 2.40. The molecule has 1 aromatic carbocycles. The molecule has 0 saturated carbocycles. The first-order valence-electron chi connectivity index (χ1n) is 8.23. The van der Waals surface area contributed by atoms with Crippen LogP contribution in [0.3, 0.4) is 0 Å². The normalized spacial score (nSPS) is 13.7. The molecule has 2 atom stereocenters. The molecule has 118 valence electrons. The third kappa shape index (κ3) is 7.86. The van der Waals surface area contributed by atoms with E-state index in [1.54, 1.807) is 0 Å². The van der Waals surface area contributed by atoms with Gasteiger partial charge < -0.3 is 11.1 Å². The van der Waals surface area contributed by atoms with E-state index >= 15 is 0 Å². The molecule has 0 aromatic heterocycles. The summed E-state index contributed by atoms with van der Waals surface area (Å²) in [6.07, 6.45) is 7.52. The molecule has 0 aliphatic rings. The minimum Gasteiger partial charge on any atom is -0.352 e. The van der Waals surface area contributed by atoms with Crippen LogP contribution in [0, 0.1) is 0 Å². The molecule has 0 saturated heterocycles. The molecule has 3 heteroatoms. The van der Waals surface area contributed by atoms with Crippen molar-refractivity contribution in [2.24, 2.45) is 5.73 Å². The Hall–Kier alpha value is -1.35. The van der Waals surface area contributed by atoms with Crippen molar-refractivity contribution in [3.63, 3.8) is 0 Å². The summed E-state index contributed by atoms with van der Waals surface area (Å²) in [5.74, 6) is -0.0195. The zero-order valence-electron chi connectivity index (χ0n) is 13.5. The molecule has 3 nitrogen and oxygen atoms in total. The van der Waals surface area contributed by atoms with E-state index in [1.807, 2.05) is 18.2 Å². The number of unbranched alkanes of at least 4 members (excludes halogenated alkanes) is 3. The maximum Gasteiger partial charge on any atom is 0.237 e. The van der Waals surface area contributed by atoms with Gasteiger partial charge in [0.15, 0.2) is 0 Å². The van der Waals surface area contributed by atoms with Crippen LogP contribution < -0.4 is 11.1 Å². The van der Waals surface area contributed by atoms with Gasteiger partial charge in [-0.15, -0.1) is 0 Å². The van der Waals surface area contributed by atoms with Crippen molar-refractivity contribution < 1.29 is 4.79 Å². The average Bonchev–Trinajstić information content (AvgIpc) is 2.50. The van der Waals surface area contributed by atoms with Gasteiger partial charge in [0.25, 0.3) is 0 Å². The van der Waals surface area contributed by atoms with E-state index in [9.17, 15) is 4.79 Å². The number of hydrogen-bond acceptors (Lipinski definition) is 2. The molecular weight excluding hydrogens is 260 g/mol. The smallest absolute Gasteiger partial charge is 0.237 e. The Morgan fingerprint density at radius 3 is 2.52 bits per heavy atom. The zero-order valence-corrected chi connectivity index (χ0v) is 13.5. The Balaban J connectivity index is 2.21.